The Hall–Kier alpha value is -2.36. The van der Waals surface area contributed by atoms with E-state index >= 15 is 0 Å². The summed E-state index contributed by atoms with van der Waals surface area (Å²) in [5.41, 5.74) is 0. The van der Waals surface area contributed by atoms with E-state index in [2.05, 4.69) is 36.3 Å². The predicted molar refractivity (Wildman–Crippen MR) is 230 cm³/mol. The van der Waals surface area contributed by atoms with Gasteiger partial charge >= 0.3 is 11.9 Å². The van der Waals surface area contributed by atoms with Crippen molar-refractivity contribution in [2.24, 2.45) is 0 Å². The zero-order valence-electron chi connectivity index (χ0n) is 36.5. The first-order chi connectivity index (χ1) is 26.9. The van der Waals surface area contributed by atoms with Gasteiger partial charge in [-0.2, -0.15) is 0 Å². The number of nitrogens with zero attached hydrogens (tertiary/aromatic N) is 2. The number of carbonyl (C=O) groups excluding carboxylic acids is 2. The van der Waals surface area contributed by atoms with Crippen molar-refractivity contribution in [3.63, 3.8) is 0 Å². The van der Waals surface area contributed by atoms with Gasteiger partial charge < -0.3 is 25.0 Å². The first-order valence-electron chi connectivity index (χ1n) is 23.2. The van der Waals surface area contributed by atoms with Crippen molar-refractivity contribution < 1.29 is 24.0 Å². The maximum Gasteiger partial charge on any atom is 0.306 e. The maximum absolute atomic E-state index is 12.7. The normalized spacial score (nSPS) is 12.2. The van der Waals surface area contributed by atoms with Gasteiger partial charge in [-0.3, -0.25) is 19.7 Å². The Labute approximate surface area is 338 Å². The first kappa shape index (κ1) is 52.6. The lowest BCUT2D eigenvalue weighted by Crippen LogP contribution is -2.31. The molecule has 0 aliphatic rings. The number of nitro groups is 1. The van der Waals surface area contributed by atoms with Gasteiger partial charge in [-0.25, -0.2) is 0 Å². The van der Waals surface area contributed by atoms with Gasteiger partial charge in [0, 0.05) is 26.4 Å². The second kappa shape index (κ2) is 41.3. The van der Waals surface area contributed by atoms with Crippen LogP contribution in [0, 0.1) is 10.1 Å². The Balaban J connectivity index is 4.42. The molecule has 0 saturated heterocycles. The molecule has 1 unspecified atom stereocenters. The van der Waals surface area contributed by atoms with Crippen LogP contribution in [0.25, 0.3) is 0 Å². The van der Waals surface area contributed by atoms with E-state index in [1.807, 2.05) is 0 Å². The van der Waals surface area contributed by atoms with Crippen LogP contribution in [0.2, 0.25) is 0 Å². The van der Waals surface area contributed by atoms with Gasteiger partial charge in [0.1, 0.15) is 6.10 Å². The fourth-order valence-electron chi connectivity index (χ4n) is 7.03. The Bertz CT molecular complexity index is 918. The van der Waals surface area contributed by atoms with E-state index < -0.39 is 4.92 Å². The van der Waals surface area contributed by atoms with Crippen molar-refractivity contribution in [3.8, 4) is 0 Å². The number of ether oxygens (including phenoxy) is 2. The predicted octanol–water partition coefficient (Wildman–Crippen LogP) is 11.8. The molecule has 0 aliphatic heterocycles. The van der Waals surface area contributed by atoms with E-state index in [1.54, 1.807) is 7.05 Å². The summed E-state index contributed by atoms with van der Waals surface area (Å²) in [5, 5.41) is 16.8. The second-order valence-corrected chi connectivity index (χ2v) is 15.7. The lowest BCUT2D eigenvalue weighted by atomic mass is 10.0. The highest BCUT2D eigenvalue weighted by Crippen LogP contribution is 2.18. The van der Waals surface area contributed by atoms with Crippen molar-refractivity contribution in [2.75, 3.05) is 39.8 Å². The minimum Gasteiger partial charge on any atom is -0.466 e. The molecule has 1 atom stereocenters. The zero-order valence-corrected chi connectivity index (χ0v) is 36.5. The molecule has 0 heterocycles. The monoisotopic (exact) mass is 781 g/mol. The summed E-state index contributed by atoms with van der Waals surface area (Å²) >= 11 is 0. The fourth-order valence-corrected chi connectivity index (χ4v) is 7.03. The highest BCUT2D eigenvalue weighted by Gasteiger charge is 2.14. The van der Waals surface area contributed by atoms with Crippen LogP contribution in [0.5, 0.6) is 0 Å². The fraction of sp³-hybridized carbons (Fsp3) is 0.911. The number of rotatable bonds is 43. The lowest BCUT2D eigenvalue weighted by molar-refractivity contribution is -0.404. The van der Waals surface area contributed by atoms with E-state index in [-0.39, 0.29) is 18.0 Å². The third kappa shape index (κ3) is 38.3. The Kier molecular flexibility index (Phi) is 39.5. The van der Waals surface area contributed by atoms with Crippen molar-refractivity contribution in [2.45, 2.75) is 226 Å². The number of unbranched alkanes of at least 4 members (excludes halogenated alkanes) is 21. The Morgan fingerprint density at radius 1 is 0.600 bits per heavy atom. The molecule has 2 N–H and O–H groups in total. The summed E-state index contributed by atoms with van der Waals surface area (Å²) in [4.78, 5) is 37.7. The van der Waals surface area contributed by atoms with Gasteiger partial charge in [0.2, 0.25) is 0 Å². The van der Waals surface area contributed by atoms with Gasteiger partial charge in [-0.1, -0.05) is 143 Å². The molecule has 0 aromatic rings. The van der Waals surface area contributed by atoms with Crippen molar-refractivity contribution in [3.05, 3.63) is 22.1 Å². The molecule has 0 aromatic carbocycles. The smallest absolute Gasteiger partial charge is 0.306 e. The van der Waals surface area contributed by atoms with E-state index in [0.717, 1.165) is 135 Å². The molecule has 0 aliphatic carbocycles. The third-order valence-corrected chi connectivity index (χ3v) is 10.5. The third-order valence-electron chi connectivity index (χ3n) is 10.5. The molecule has 0 amide bonds. The van der Waals surface area contributed by atoms with Crippen LogP contribution in [-0.4, -0.2) is 67.7 Å². The molecule has 10 heteroatoms. The first-order valence-corrected chi connectivity index (χ1v) is 23.2. The number of carbonyl (C=O) groups is 2. The molecule has 0 saturated carbocycles. The van der Waals surface area contributed by atoms with Crippen LogP contribution < -0.4 is 10.6 Å². The largest absolute Gasteiger partial charge is 0.466 e. The minimum absolute atomic E-state index is 0.0120. The van der Waals surface area contributed by atoms with Crippen LogP contribution >= 0.6 is 0 Å². The summed E-state index contributed by atoms with van der Waals surface area (Å²) in [6, 6.07) is 0. The summed E-state index contributed by atoms with van der Waals surface area (Å²) in [6.45, 7) is 11.0. The van der Waals surface area contributed by atoms with Gasteiger partial charge in [-0.15, -0.1) is 0 Å². The van der Waals surface area contributed by atoms with Gasteiger partial charge in [0.15, 0.2) is 5.82 Å². The van der Waals surface area contributed by atoms with Gasteiger partial charge in [0.25, 0.3) is 6.20 Å². The molecule has 0 fully saturated rings. The summed E-state index contributed by atoms with van der Waals surface area (Å²) in [6.07, 6.45) is 35.4. The molecule has 10 nitrogen and oxygen atoms in total. The number of hydrogen-bond donors (Lipinski definition) is 2. The molecule has 0 aromatic heterocycles. The average molecular weight is 781 g/mol. The second-order valence-electron chi connectivity index (χ2n) is 15.7. The maximum atomic E-state index is 12.7. The molecule has 0 radical (unpaired) electrons. The van der Waals surface area contributed by atoms with Crippen LogP contribution in [-0.2, 0) is 19.1 Å². The molecule has 0 bridgehead atoms. The number of hydrogen-bond acceptors (Lipinski definition) is 9. The number of esters is 2. The van der Waals surface area contributed by atoms with Crippen molar-refractivity contribution in [1.82, 2.24) is 15.5 Å². The zero-order chi connectivity index (χ0) is 40.5. The average Bonchev–Trinajstić information content (AvgIpc) is 3.17. The van der Waals surface area contributed by atoms with Crippen molar-refractivity contribution in [1.29, 1.82) is 0 Å². The Morgan fingerprint density at radius 3 is 1.56 bits per heavy atom. The highest BCUT2D eigenvalue weighted by atomic mass is 16.6. The van der Waals surface area contributed by atoms with Crippen LogP contribution in [0.3, 0.4) is 0 Å². The van der Waals surface area contributed by atoms with E-state index in [1.165, 1.54) is 77.0 Å². The SMILES string of the molecule is CCCCCCCCCOC(=O)CCCCCCCN(CCCCCCCC(=O)OC(CCCCCC)CCCCCCC)CCCN/C(=C/[N+](=O)[O-])NC. The quantitative estimate of drug-likeness (QED) is 0.0269. The number of nitrogens with one attached hydrogen (secondary N) is 2. The Morgan fingerprint density at radius 2 is 1.04 bits per heavy atom. The van der Waals surface area contributed by atoms with E-state index in [4.69, 9.17) is 9.47 Å². The summed E-state index contributed by atoms with van der Waals surface area (Å²) in [5.74, 6) is 0.361. The molecular weight excluding hydrogens is 693 g/mol. The molecule has 324 valence electrons. The minimum atomic E-state index is -0.447. The molecular formula is C45H88N4O6. The highest BCUT2D eigenvalue weighted by molar-refractivity contribution is 5.69. The topological polar surface area (TPSA) is 123 Å². The van der Waals surface area contributed by atoms with Crippen molar-refractivity contribution >= 4 is 11.9 Å². The molecule has 55 heavy (non-hydrogen) atoms. The van der Waals surface area contributed by atoms with Crippen LogP contribution in [0.4, 0.5) is 0 Å². The van der Waals surface area contributed by atoms with Crippen LogP contribution in [0.15, 0.2) is 12.0 Å². The van der Waals surface area contributed by atoms with Gasteiger partial charge in [-0.05, 0) is 83.8 Å². The van der Waals surface area contributed by atoms with E-state index in [9.17, 15) is 19.7 Å². The molecule has 0 rings (SSSR count). The standard InChI is InChI=1S/C45H88N4O6/c1-5-8-11-14-15-23-30-40-54-44(50)34-26-19-16-21-28-37-48(39-31-36-47-43(46-4)41-49(52)53)38-29-22-17-20-27-35-45(51)55-42(32-24-13-10-7-3)33-25-18-12-9-6-2/h41-42,46-47H,5-40H2,1-4H3/b43-41+. The summed E-state index contributed by atoms with van der Waals surface area (Å²) < 4.78 is 11.4. The lowest BCUT2D eigenvalue weighted by Gasteiger charge is -2.22. The molecule has 0 spiro atoms. The van der Waals surface area contributed by atoms with Gasteiger partial charge in [0.05, 0.1) is 11.5 Å². The summed E-state index contributed by atoms with van der Waals surface area (Å²) in [7, 11) is 1.68. The van der Waals surface area contributed by atoms with Crippen LogP contribution in [0.1, 0.15) is 220 Å². The van der Waals surface area contributed by atoms with E-state index in [0.29, 0.717) is 31.8 Å².